The maximum absolute atomic E-state index is 12.8. The smallest absolute Gasteiger partial charge is 0.264 e. The number of nitrogens with one attached hydrogen (secondary N) is 1. The predicted octanol–water partition coefficient (Wildman–Crippen LogP) is 4.40. The van der Waals surface area contributed by atoms with Crippen molar-refractivity contribution in [1.82, 2.24) is 5.32 Å². The molecule has 0 aliphatic rings. The minimum Gasteiger partial charge on any atom is -0.348 e. The van der Waals surface area contributed by atoms with Crippen LogP contribution in [-0.4, -0.2) is 21.4 Å². The zero-order chi connectivity index (χ0) is 21.0. The third kappa shape index (κ3) is 4.78. The molecule has 0 aliphatic heterocycles. The highest BCUT2D eigenvalue weighted by atomic mass is 35.5. The Morgan fingerprint density at radius 3 is 2.28 bits per heavy atom. The van der Waals surface area contributed by atoms with Crippen molar-refractivity contribution in [2.45, 2.75) is 18.4 Å². The quantitative estimate of drug-likeness (QED) is 0.632. The summed E-state index contributed by atoms with van der Waals surface area (Å²) in [4.78, 5) is 12.7. The maximum atomic E-state index is 12.8. The number of amides is 1. The molecule has 0 unspecified atom stereocenters. The van der Waals surface area contributed by atoms with E-state index in [9.17, 15) is 13.2 Å². The number of rotatable bonds is 6. The van der Waals surface area contributed by atoms with Gasteiger partial charge in [0.05, 0.1) is 10.6 Å². The number of halogens is 1. The third-order valence-electron chi connectivity index (χ3n) is 4.57. The number of nitrogens with zero attached hydrogens (tertiary/aromatic N) is 1. The van der Waals surface area contributed by atoms with Gasteiger partial charge < -0.3 is 5.32 Å². The standard InChI is InChI=1S/C22H21ClN2O3S/c1-16-14-18(22(26)24-15-17-8-11-19(23)12-9-17)10-13-21(16)25(2)29(27,28)20-6-4-3-5-7-20/h3-14H,15H2,1-2H3,(H,24,26). The molecule has 7 heteroatoms. The molecule has 0 spiro atoms. The van der Waals surface area contributed by atoms with Crippen molar-refractivity contribution in [3.05, 3.63) is 94.5 Å². The molecule has 29 heavy (non-hydrogen) atoms. The molecule has 1 amide bonds. The molecule has 3 aromatic rings. The first-order chi connectivity index (χ1) is 13.8. The van der Waals surface area contributed by atoms with Crippen LogP contribution in [0.25, 0.3) is 0 Å². The summed E-state index contributed by atoms with van der Waals surface area (Å²) in [5.41, 5.74) is 2.60. The van der Waals surface area contributed by atoms with Gasteiger partial charge in [0.25, 0.3) is 15.9 Å². The first-order valence-corrected chi connectivity index (χ1v) is 10.8. The Labute approximate surface area is 176 Å². The van der Waals surface area contributed by atoms with Gasteiger partial charge in [-0.25, -0.2) is 8.42 Å². The molecule has 3 aromatic carbocycles. The highest BCUT2D eigenvalue weighted by Gasteiger charge is 2.22. The lowest BCUT2D eigenvalue weighted by Gasteiger charge is -2.22. The van der Waals surface area contributed by atoms with E-state index < -0.39 is 10.0 Å². The molecule has 0 heterocycles. The van der Waals surface area contributed by atoms with Crippen LogP contribution in [0.4, 0.5) is 5.69 Å². The first kappa shape index (κ1) is 20.9. The number of sulfonamides is 1. The zero-order valence-corrected chi connectivity index (χ0v) is 17.7. The number of hydrogen-bond acceptors (Lipinski definition) is 3. The van der Waals surface area contributed by atoms with Gasteiger partial charge in [-0.15, -0.1) is 0 Å². The van der Waals surface area contributed by atoms with Gasteiger partial charge in [-0.1, -0.05) is 41.9 Å². The van der Waals surface area contributed by atoms with E-state index in [1.807, 2.05) is 12.1 Å². The van der Waals surface area contributed by atoms with Gasteiger partial charge >= 0.3 is 0 Å². The van der Waals surface area contributed by atoms with Crippen LogP contribution in [0.5, 0.6) is 0 Å². The Balaban J connectivity index is 1.75. The molecule has 0 bridgehead atoms. The zero-order valence-electron chi connectivity index (χ0n) is 16.1. The highest BCUT2D eigenvalue weighted by Crippen LogP contribution is 2.26. The lowest BCUT2D eigenvalue weighted by molar-refractivity contribution is 0.0951. The molecular formula is C22H21ClN2O3S. The van der Waals surface area contributed by atoms with Crippen molar-refractivity contribution < 1.29 is 13.2 Å². The van der Waals surface area contributed by atoms with E-state index in [1.54, 1.807) is 67.6 Å². The second-order valence-corrected chi connectivity index (χ2v) is 9.00. The summed E-state index contributed by atoms with van der Waals surface area (Å²) in [6.07, 6.45) is 0. The first-order valence-electron chi connectivity index (χ1n) is 8.96. The highest BCUT2D eigenvalue weighted by molar-refractivity contribution is 7.92. The maximum Gasteiger partial charge on any atom is 0.264 e. The average Bonchev–Trinajstić information content (AvgIpc) is 2.73. The van der Waals surface area contributed by atoms with Crippen LogP contribution in [0.1, 0.15) is 21.5 Å². The number of benzene rings is 3. The van der Waals surface area contributed by atoms with E-state index in [4.69, 9.17) is 11.6 Å². The molecule has 150 valence electrons. The van der Waals surface area contributed by atoms with Crippen LogP contribution in [0, 0.1) is 6.92 Å². The molecule has 0 aromatic heterocycles. The molecular weight excluding hydrogens is 408 g/mol. The van der Waals surface area contributed by atoms with Crippen molar-refractivity contribution >= 4 is 33.2 Å². The lowest BCUT2D eigenvalue weighted by Crippen LogP contribution is -2.27. The Morgan fingerprint density at radius 1 is 1.00 bits per heavy atom. The second kappa shape index (κ2) is 8.68. The van der Waals surface area contributed by atoms with Gasteiger partial charge in [-0.05, 0) is 60.5 Å². The van der Waals surface area contributed by atoms with Crippen molar-refractivity contribution in [2.24, 2.45) is 0 Å². The average molecular weight is 429 g/mol. The van der Waals surface area contributed by atoms with E-state index >= 15 is 0 Å². The Kier molecular flexibility index (Phi) is 6.25. The summed E-state index contributed by atoms with van der Waals surface area (Å²) in [6.45, 7) is 2.15. The molecule has 0 aliphatic carbocycles. The van der Waals surface area contributed by atoms with E-state index in [2.05, 4.69) is 5.32 Å². The number of anilines is 1. The number of carbonyl (C=O) groups excluding carboxylic acids is 1. The van der Waals surface area contributed by atoms with Gasteiger partial charge in [0.15, 0.2) is 0 Å². The fourth-order valence-electron chi connectivity index (χ4n) is 2.92. The van der Waals surface area contributed by atoms with Gasteiger partial charge in [0, 0.05) is 24.2 Å². The molecule has 5 nitrogen and oxygen atoms in total. The largest absolute Gasteiger partial charge is 0.348 e. The summed E-state index contributed by atoms with van der Waals surface area (Å²) >= 11 is 5.87. The number of hydrogen-bond donors (Lipinski definition) is 1. The Morgan fingerprint density at radius 2 is 1.66 bits per heavy atom. The summed E-state index contributed by atoms with van der Waals surface area (Å²) in [7, 11) is -2.17. The monoisotopic (exact) mass is 428 g/mol. The van der Waals surface area contributed by atoms with Crippen LogP contribution in [0.3, 0.4) is 0 Å². The van der Waals surface area contributed by atoms with E-state index in [0.717, 1.165) is 5.56 Å². The molecule has 1 N–H and O–H groups in total. The SMILES string of the molecule is Cc1cc(C(=O)NCc2ccc(Cl)cc2)ccc1N(C)S(=O)(=O)c1ccccc1. The molecule has 0 atom stereocenters. The number of carbonyl (C=O) groups is 1. The molecule has 0 saturated carbocycles. The Bertz CT molecular complexity index is 1110. The topological polar surface area (TPSA) is 66.5 Å². The van der Waals surface area contributed by atoms with E-state index in [1.165, 1.54) is 11.4 Å². The van der Waals surface area contributed by atoms with Crippen molar-refractivity contribution in [3.8, 4) is 0 Å². The predicted molar refractivity (Wildman–Crippen MR) is 116 cm³/mol. The van der Waals surface area contributed by atoms with Crippen molar-refractivity contribution in [2.75, 3.05) is 11.4 Å². The summed E-state index contributed by atoms with van der Waals surface area (Å²) in [5, 5.41) is 3.49. The summed E-state index contributed by atoms with van der Waals surface area (Å²) in [5.74, 6) is -0.233. The van der Waals surface area contributed by atoms with Gasteiger partial charge in [0.1, 0.15) is 0 Å². The molecule has 0 fully saturated rings. The third-order valence-corrected chi connectivity index (χ3v) is 6.60. The van der Waals surface area contributed by atoms with Gasteiger partial charge in [0.2, 0.25) is 0 Å². The summed E-state index contributed by atoms with van der Waals surface area (Å²) < 4.78 is 26.9. The molecule has 0 saturated heterocycles. The minimum absolute atomic E-state index is 0.215. The van der Waals surface area contributed by atoms with Crippen LogP contribution in [0.2, 0.25) is 5.02 Å². The Hall–Kier alpha value is -2.83. The minimum atomic E-state index is -3.68. The van der Waals surface area contributed by atoms with Crippen molar-refractivity contribution in [3.63, 3.8) is 0 Å². The van der Waals surface area contributed by atoms with Gasteiger partial charge in [-0.2, -0.15) is 0 Å². The van der Waals surface area contributed by atoms with Crippen molar-refractivity contribution in [1.29, 1.82) is 0 Å². The molecule has 3 rings (SSSR count). The summed E-state index contributed by atoms with van der Waals surface area (Å²) in [6, 6.07) is 20.4. The van der Waals surface area contributed by atoms with Crippen LogP contribution >= 0.6 is 11.6 Å². The van der Waals surface area contributed by atoms with E-state index in [0.29, 0.717) is 28.4 Å². The fraction of sp³-hybridized carbons (Fsp3) is 0.136. The van der Waals surface area contributed by atoms with Gasteiger partial charge in [-0.3, -0.25) is 9.10 Å². The van der Waals surface area contributed by atoms with E-state index in [-0.39, 0.29) is 10.8 Å². The van der Waals surface area contributed by atoms with Crippen LogP contribution in [-0.2, 0) is 16.6 Å². The number of aryl methyl sites for hydroxylation is 1. The van der Waals surface area contributed by atoms with Crippen LogP contribution in [0.15, 0.2) is 77.7 Å². The fourth-order valence-corrected chi connectivity index (χ4v) is 4.32. The van der Waals surface area contributed by atoms with Crippen LogP contribution < -0.4 is 9.62 Å². The molecule has 0 radical (unpaired) electrons. The normalized spacial score (nSPS) is 11.1. The lowest BCUT2D eigenvalue weighted by atomic mass is 10.1. The second-order valence-electron chi connectivity index (χ2n) is 6.60.